The predicted molar refractivity (Wildman–Crippen MR) is 130 cm³/mol. The maximum absolute atomic E-state index is 12.2. The van der Waals surface area contributed by atoms with Crippen LogP contribution in [0.5, 0.6) is 11.5 Å². The third-order valence-electron chi connectivity index (χ3n) is 4.42. The minimum atomic E-state index is -3.39. The van der Waals surface area contributed by atoms with Gasteiger partial charge in [0.05, 0.1) is 25.6 Å². The van der Waals surface area contributed by atoms with Crippen LogP contribution < -0.4 is 24.8 Å². The molecule has 1 unspecified atom stereocenters. The molecule has 0 spiro atoms. The molecule has 1 aromatic rings. The zero-order valence-electron chi connectivity index (χ0n) is 17.8. The normalized spacial score (nSPS) is 17.0. The van der Waals surface area contributed by atoms with E-state index in [1.54, 1.807) is 26.3 Å². The Hall–Kier alpha value is -1.31. The first-order valence-electron chi connectivity index (χ1n) is 9.85. The third kappa shape index (κ3) is 9.23. The molecule has 0 bridgehead atoms. The molecule has 1 heterocycles. The van der Waals surface area contributed by atoms with E-state index in [9.17, 15) is 8.42 Å². The van der Waals surface area contributed by atoms with Crippen molar-refractivity contribution in [2.45, 2.75) is 32.3 Å². The van der Waals surface area contributed by atoms with Crippen molar-refractivity contribution in [3.63, 3.8) is 0 Å². The van der Waals surface area contributed by atoms with Gasteiger partial charge in [0, 0.05) is 38.5 Å². The number of hydrogen-bond donors (Lipinski definition) is 3. The second-order valence-electron chi connectivity index (χ2n) is 6.58. The Labute approximate surface area is 196 Å². The highest BCUT2D eigenvalue weighted by Gasteiger charge is 2.17. The average molecular weight is 556 g/mol. The highest BCUT2D eigenvalue weighted by Crippen LogP contribution is 2.30. The van der Waals surface area contributed by atoms with E-state index in [0.717, 1.165) is 24.9 Å². The van der Waals surface area contributed by atoms with E-state index < -0.39 is 10.0 Å². The summed E-state index contributed by atoms with van der Waals surface area (Å²) in [6.07, 6.45) is 2.98. The van der Waals surface area contributed by atoms with E-state index in [0.29, 0.717) is 37.2 Å². The maximum Gasteiger partial charge on any atom is 0.213 e. The minimum absolute atomic E-state index is 0. The number of hydrogen-bond acceptors (Lipinski definition) is 6. The number of sulfonamides is 1. The Bertz CT molecular complexity index is 770. The number of nitrogens with one attached hydrogen (secondary N) is 3. The number of halogens is 1. The molecule has 0 aromatic heterocycles. The Balaban J connectivity index is 0.00000450. The van der Waals surface area contributed by atoms with Gasteiger partial charge in [-0.15, -0.1) is 24.0 Å². The zero-order chi connectivity index (χ0) is 21.1. The van der Waals surface area contributed by atoms with Crippen molar-refractivity contribution in [3.05, 3.63) is 18.2 Å². The highest BCUT2D eigenvalue weighted by atomic mass is 127. The number of benzene rings is 1. The van der Waals surface area contributed by atoms with Gasteiger partial charge in [0.2, 0.25) is 10.0 Å². The van der Waals surface area contributed by atoms with Crippen LogP contribution in [0, 0.1) is 0 Å². The molecular formula is C19H33IN4O5S. The van der Waals surface area contributed by atoms with Gasteiger partial charge in [-0.25, -0.2) is 13.1 Å². The number of methoxy groups -OCH3 is 1. The summed E-state index contributed by atoms with van der Waals surface area (Å²) in [5.41, 5.74) is 0.744. The minimum Gasteiger partial charge on any atom is -0.493 e. The quantitative estimate of drug-likeness (QED) is 0.230. The van der Waals surface area contributed by atoms with Gasteiger partial charge in [0.1, 0.15) is 0 Å². The molecule has 1 aromatic carbocycles. The van der Waals surface area contributed by atoms with Gasteiger partial charge in [-0.3, -0.25) is 4.99 Å². The van der Waals surface area contributed by atoms with Gasteiger partial charge in [0.25, 0.3) is 0 Å². The molecule has 1 atom stereocenters. The van der Waals surface area contributed by atoms with Crippen molar-refractivity contribution in [1.29, 1.82) is 0 Å². The van der Waals surface area contributed by atoms with Crippen LogP contribution in [0.15, 0.2) is 23.2 Å². The third-order valence-corrected chi connectivity index (χ3v) is 5.77. The summed E-state index contributed by atoms with van der Waals surface area (Å²) in [6.45, 7) is 3.69. The average Bonchev–Trinajstić information content (AvgIpc) is 2.73. The van der Waals surface area contributed by atoms with Crippen LogP contribution in [0.2, 0.25) is 0 Å². The summed E-state index contributed by atoms with van der Waals surface area (Å²) in [5, 5.41) is 6.12. The SMILES string of the molecule is CCOc1ccc(NC(=NC)NCCS(=O)(=O)NCC2CCCCO2)cc1OC.I. The number of rotatable bonds is 10. The maximum atomic E-state index is 12.2. The van der Waals surface area contributed by atoms with Crippen molar-refractivity contribution < 1.29 is 22.6 Å². The lowest BCUT2D eigenvalue weighted by Crippen LogP contribution is -2.40. The molecule has 3 N–H and O–H groups in total. The van der Waals surface area contributed by atoms with Gasteiger partial charge in [-0.05, 0) is 38.3 Å². The molecule has 0 aliphatic carbocycles. The molecule has 172 valence electrons. The van der Waals surface area contributed by atoms with E-state index in [-0.39, 0.29) is 42.4 Å². The van der Waals surface area contributed by atoms with Crippen LogP contribution in [0.3, 0.4) is 0 Å². The fourth-order valence-electron chi connectivity index (χ4n) is 2.90. The van der Waals surface area contributed by atoms with Gasteiger partial charge in [0.15, 0.2) is 17.5 Å². The lowest BCUT2D eigenvalue weighted by Gasteiger charge is -2.22. The smallest absolute Gasteiger partial charge is 0.213 e. The van der Waals surface area contributed by atoms with Gasteiger partial charge >= 0.3 is 0 Å². The van der Waals surface area contributed by atoms with Crippen molar-refractivity contribution in [2.75, 3.05) is 51.5 Å². The van der Waals surface area contributed by atoms with E-state index >= 15 is 0 Å². The molecule has 1 aliphatic rings. The van der Waals surface area contributed by atoms with E-state index in [1.807, 2.05) is 13.0 Å². The lowest BCUT2D eigenvalue weighted by molar-refractivity contribution is 0.0200. The standard InChI is InChI=1S/C19H32N4O5S.HI/c1-4-27-17-9-8-15(13-18(17)26-3)23-19(20-2)21-10-12-29(24,25)22-14-16-7-5-6-11-28-16;/h8-9,13,16,22H,4-7,10-12,14H2,1-3H3,(H2,20,21,23);1H. The van der Waals surface area contributed by atoms with Crippen molar-refractivity contribution in [1.82, 2.24) is 10.0 Å². The summed E-state index contributed by atoms with van der Waals surface area (Å²) in [4.78, 5) is 4.12. The molecule has 11 heteroatoms. The Morgan fingerprint density at radius 2 is 2.10 bits per heavy atom. The molecule has 1 fully saturated rings. The second kappa shape index (κ2) is 13.9. The van der Waals surface area contributed by atoms with Crippen LogP contribution in [-0.4, -0.2) is 66.7 Å². The molecule has 1 saturated heterocycles. The lowest BCUT2D eigenvalue weighted by atomic mass is 10.1. The number of aliphatic imine (C=N–C) groups is 1. The second-order valence-corrected chi connectivity index (χ2v) is 8.50. The van der Waals surface area contributed by atoms with Crippen molar-refractivity contribution >= 4 is 45.6 Å². The molecular weight excluding hydrogens is 523 g/mol. The van der Waals surface area contributed by atoms with Crippen LogP contribution in [0.4, 0.5) is 5.69 Å². The summed E-state index contributed by atoms with van der Waals surface area (Å²) in [6, 6.07) is 5.43. The number of guanidine groups is 1. The molecule has 0 amide bonds. The van der Waals surface area contributed by atoms with Crippen LogP contribution in [0.1, 0.15) is 26.2 Å². The largest absolute Gasteiger partial charge is 0.493 e. The summed E-state index contributed by atoms with van der Waals surface area (Å²) >= 11 is 0. The molecule has 2 rings (SSSR count). The molecule has 1 aliphatic heterocycles. The van der Waals surface area contributed by atoms with Gasteiger partial charge in [-0.1, -0.05) is 0 Å². The zero-order valence-corrected chi connectivity index (χ0v) is 20.9. The number of nitrogens with zero attached hydrogens (tertiary/aromatic N) is 1. The number of anilines is 1. The summed E-state index contributed by atoms with van der Waals surface area (Å²) in [5.74, 6) is 1.65. The Kier molecular flexibility index (Phi) is 12.4. The van der Waals surface area contributed by atoms with Gasteiger partial charge < -0.3 is 24.8 Å². The Morgan fingerprint density at radius 1 is 1.30 bits per heavy atom. The molecule has 0 radical (unpaired) electrons. The first-order chi connectivity index (χ1) is 14.0. The fourth-order valence-corrected chi connectivity index (χ4v) is 3.86. The van der Waals surface area contributed by atoms with Crippen LogP contribution >= 0.6 is 24.0 Å². The summed E-state index contributed by atoms with van der Waals surface area (Å²) < 4.78 is 43.4. The summed E-state index contributed by atoms with van der Waals surface area (Å²) in [7, 11) is -0.198. The van der Waals surface area contributed by atoms with Crippen LogP contribution in [0.25, 0.3) is 0 Å². The monoisotopic (exact) mass is 556 g/mol. The fraction of sp³-hybridized carbons (Fsp3) is 0.632. The highest BCUT2D eigenvalue weighted by molar-refractivity contribution is 14.0. The topological polar surface area (TPSA) is 110 Å². The van der Waals surface area contributed by atoms with Crippen molar-refractivity contribution in [3.8, 4) is 11.5 Å². The number of ether oxygens (including phenoxy) is 3. The predicted octanol–water partition coefficient (Wildman–Crippen LogP) is 2.19. The van der Waals surface area contributed by atoms with E-state index in [1.165, 1.54) is 0 Å². The van der Waals surface area contributed by atoms with Crippen molar-refractivity contribution in [2.24, 2.45) is 4.99 Å². The first-order valence-corrected chi connectivity index (χ1v) is 11.5. The van der Waals surface area contributed by atoms with Gasteiger partial charge in [-0.2, -0.15) is 0 Å². The molecule has 30 heavy (non-hydrogen) atoms. The first kappa shape index (κ1) is 26.7. The molecule has 9 nitrogen and oxygen atoms in total. The van der Waals surface area contributed by atoms with E-state index in [2.05, 4.69) is 20.3 Å². The van der Waals surface area contributed by atoms with E-state index in [4.69, 9.17) is 14.2 Å². The molecule has 0 saturated carbocycles. The Morgan fingerprint density at radius 3 is 2.73 bits per heavy atom. The van der Waals surface area contributed by atoms with Crippen LogP contribution in [-0.2, 0) is 14.8 Å².